The van der Waals surface area contributed by atoms with Crippen molar-refractivity contribution in [3.8, 4) is 17.0 Å². The highest BCUT2D eigenvalue weighted by Gasteiger charge is 2.09. The van der Waals surface area contributed by atoms with Crippen LogP contribution < -0.4 is 5.63 Å². The molecule has 2 aromatic heterocycles. The van der Waals surface area contributed by atoms with Crippen LogP contribution in [0.3, 0.4) is 0 Å². The molecule has 25 heavy (non-hydrogen) atoms. The van der Waals surface area contributed by atoms with Gasteiger partial charge in [-0.1, -0.05) is 33.3 Å². The van der Waals surface area contributed by atoms with E-state index in [0.717, 1.165) is 26.7 Å². The highest BCUT2D eigenvalue weighted by Crippen LogP contribution is 2.23. The zero-order chi connectivity index (χ0) is 17.4. The van der Waals surface area contributed by atoms with Crippen LogP contribution >= 0.6 is 15.9 Å². The number of phenolic OH excluding ortho intramolecular Hbond substituents is 1. The van der Waals surface area contributed by atoms with Crippen molar-refractivity contribution in [1.29, 1.82) is 0 Å². The van der Waals surface area contributed by atoms with Crippen LogP contribution in [0.5, 0.6) is 5.75 Å². The summed E-state index contributed by atoms with van der Waals surface area (Å²) in [5, 5.41) is 18.6. The lowest BCUT2D eigenvalue weighted by Crippen LogP contribution is -2.06. The second kappa shape index (κ2) is 6.18. The van der Waals surface area contributed by atoms with Gasteiger partial charge in [0.1, 0.15) is 17.0 Å². The van der Waals surface area contributed by atoms with Crippen LogP contribution in [0, 0.1) is 0 Å². The fraction of sp³-hybridized carbons (Fsp3) is 0.0556. The van der Waals surface area contributed by atoms with Crippen molar-refractivity contribution in [2.45, 2.75) is 6.54 Å². The first-order chi connectivity index (χ1) is 12.1. The summed E-state index contributed by atoms with van der Waals surface area (Å²) < 4.78 is 7.80. The summed E-state index contributed by atoms with van der Waals surface area (Å²) in [5.41, 5.74) is 2.32. The number of rotatable bonds is 3. The summed E-state index contributed by atoms with van der Waals surface area (Å²) in [5.74, 6) is 0.0473. The summed E-state index contributed by atoms with van der Waals surface area (Å²) in [7, 11) is 0. The quantitative estimate of drug-likeness (QED) is 0.534. The lowest BCUT2D eigenvalue weighted by Gasteiger charge is -2.05. The average molecular weight is 398 g/mol. The lowest BCUT2D eigenvalue weighted by molar-refractivity contribution is 0.473. The van der Waals surface area contributed by atoms with Crippen LogP contribution in [0.4, 0.5) is 0 Å². The number of halogens is 1. The van der Waals surface area contributed by atoms with Crippen LogP contribution in [-0.4, -0.2) is 20.1 Å². The van der Waals surface area contributed by atoms with Gasteiger partial charge in [0.25, 0.3) is 0 Å². The van der Waals surface area contributed by atoms with Gasteiger partial charge < -0.3 is 9.52 Å². The molecular formula is C18H12BrN3O3. The molecule has 0 unspecified atom stereocenters. The minimum Gasteiger partial charge on any atom is -0.508 e. The molecule has 0 saturated carbocycles. The molecule has 6 nitrogen and oxygen atoms in total. The van der Waals surface area contributed by atoms with E-state index in [1.165, 1.54) is 12.1 Å². The summed E-state index contributed by atoms with van der Waals surface area (Å²) in [4.78, 5) is 11.8. The summed E-state index contributed by atoms with van der Waals surface area (Å²) in [6.07, 6.45) is 1.82. The van der Waals surface area contributed by atoms with Gasteiger partial charge in [-0.15, -0.1) is 5.10 Å². The Morgan fingerprint density at radius 3 is 2.72 bits per heavy atom. The third-order valence-corrected chi connectivity index (χ3v) is 4.35. The molecule has 0 atom stereocenters. The molecule has 0 amide bonds. The Kier molecular flexibility index (Phi) is 3.85. The van der Waals surface area contributed by atoms with Crippen molar-refractivity contribution in [3.63, 3.8) is 0 Å². The molecule has 0 aliphatic rings. The van der Waals surface area contributed by atoms with E-state index in [1.807, 2.05) is 30.5 Å². The van der Waals surface area contributed by atoms with Crippen molar-refractivity contribution in [3.05, 3.63) is 75.2 Å². The molecule has 2 aromatic carbocycles. The number of aromatic nitrogens is 3. The fourth-order valence-electron chi connectivity index (χ4n) is 2.65. The van der Waals surface area contributed by atoms with E-state index in [1.54, 1.807) is 16.8 Å². The van der Waals surface area contributed by atoms with E-state index in [9.17, 15) is 9.90 Å². The Bertz CT molecular complexity index is 1120. The minimum atomic E-state index is -0.471. The summed E-state index contributed by atoms with van der Waals surface area (Å²) in [6.45, 7) is 0.371. The molecule has 1 N–H and O–H groups in total. The molecule has 0 aliphatic heterocycles. The Balaban J connectivity index is 1.70. The molecule has 0 saturated heterocycles. The van der Waals surface area contributed by atoms with Gasteiger partial charge >= 0.3 is 5.63 Å². The van der Waals surface area contributed by atoms with Gasteiger partial charge in [-0.25, -0.2) is 9.48 Å². The Labute approximate surface area is 150 Å². The van der Waals surface area contributed by atoms with Gasteiger partial charge in [0, 0.05) is 27.6 Å². The SMILES string of the molecule is O=c1cc(Cn2cc(-c3ccc(Br)cc3)nn2)c2ccc(O)cc2o1. The van der Waals surface area contributed by atoms with Crippen molar-refractivity contribution in [1.82, 2.24) is 15.0 Å². The predicted octanol–water partition coefficient (Wildman–Crippen LogP) is 3.57. The predicted molar refractivity (Wildman–Crippen MR) is 96.4 cm³/mol. The van der Waals surface area contributed by atoms with Gasteiger partial charge in [0.05, 0.1) is 12.7 Å². The maximum Gasteiger partial charge on any atom is 0.336 e. The summed E-state index contributed by atoms with van der Waals surface area (Å²) >= 11 is 3.40. The second-order valence-electron chi connectivity index (χ2n) is 5.58. The Hall–Kier alpha value is -2.93. The van der Waals surface area contributed by atoms with Gasteiger partial charge in [0.2, 0.25) is 0 Å². The molecule has 4 aromatic rings. The third-order valence-electron chi connectivity index (χ3n) is 3.82. The molecule has 0 radical (unpaired) electrons. The van der Waals surface area contributed by atoms with Gasteiger partial charge in [-0.05, 0) is 29.8 Å². The fourth-order valence-corrected chi connectivity index (χ4v) is 2.92. The van der Waals surface area contributed by atoms with Crippen molar-refractivity contribution in [2.75, 3.05) is 0 Å². The molecule has 124 valence electrons. The van der Waals surface area contributed by atoms with Crippen LogP contribution in [-0.2, 0) is 6.54 Å². The molecule has 0 aliphatic carbocycles. The largest absolute Gasteiger partial charge is 0.508 e. The van der Waals surface area contributed by atoms with Crippen molar-refractivity contribution in [2.24, 2.45) is 0 Å². The third kappa shape index (κ3) is 3.18. The Morgan fingerprint density at radius 2 is 1.92 bits per heavy atom. The highest BCUT2D eigenvalue weighted by atomic mass is 79.9. The number of benzene rings is 2. The zero-order valence-corrected chi connectivity index (χ0v) is 14.5. The van der Waals surface area contributed by atoms with E-state index in [-0.39, 0.29) is 5.75 Å². The van der Waals surface area contributed by atoms with E-state index in [4.69, 9.17) is 4.42 Å². The first kappa shape index (κ1) is 15.6. The standard InChI is InChI=1S/C18H12BrN3O3/c19-13-3-1-11(2-4-13)16-10-22(21-20-16)9-12-7-18(24)25-17-8-14(23)5-6-15(12)17/h1-8,10,23H,9H2. The van der Waals surface area contributed by atoms with E-state index >= 15 is 0 Å². The maximum absolute atomic E-state index is 11.8. The number of hydrogen-bond acceptors (Lipinski definition) is 5. The number of fused-ring (bicyclic) bond motifs is 1. The molecule has 0 bridgehead atoms. The Morgan fingerprint density at radius 1 is 1.12 bits per heavy atom. The molecule has 0 fully saturated rings. The first-order valence-corrected chi connectivity index (χ1v) is 8.29. The van der Waals surface area contributed by atoms with Gasteiger partial charge in [-0.2, -0.15) is 0 Å². The average Bonchev–Trinajstić information content (AvgIpc) is 3.03. The van der Waals surface area contributed by atoms with Crippen LogP contribution in [0.15, 0.2) is 68.4 Å². The number of nitrogens with zero attached hydrogens (tertiary/aromatic N) is 3. The van der Waals surface area contributed by atoms with Crippen molar-refractivity contribution < 1.29 is 9.52 Å². The second-order valence-corrected chi connectivity index (χ2v) is 6.50. The maximum atomic E-state index is 11.8. The van der Waals surface area contributed by atoms with Gasteiger partial charge in [0.15, 0.2) is 0 Å². The molecular weight excluding hydrogens is 386 g/mol. The molecule has 4 rings (SSSR count). The zero-order valence-electron chi connectivity index (χ0n) is 12.9. The lowest BCUT2D eigenvalue weighted by atomic mass is 10.1. The van der Waals surface area contributed by atoms with E-state index in [0.29, 0.717) is 12.1 Å². The first-order valence-electron chi connectivity index (χ1n) is 7.50. The van der Waals surface area contributed by atoms with E-state index < -0.39 is 5.63 Å². The normalized spacial score (nSPS) is 11.1. The highest BCUT2D eigenvalue weighted by molar-refractivity contribution is 9.10. The van der Waals surface area contributed by atoms with Crippen LogP contribution in [0.25, 0.3) is 22.2 Å². The number of hydrogen-bond donors (Lipinski definition) is 1. The van der Waals surface area contributed by atoms with Crippen molar-refractivity contribution >= 4 is 26.9 Å². The van der Waals surface area contributed by atoms with Crippen LogP contribution in [0.2, 0.25) is 0 Å². The van der Waals surface area contributed by atoms with E-state index in [2.05, 4.69) is 26.2 Å². The smallest absolute Gasteiger partial charge is 0.336 e. The molecule has 0 spiro atoms. The van der Waals surface area contributed by atoms with Crippen LogP contribution in [0.1, 0.15) is 5.56 Å². The molecule has 2 heterocycles. The number of aromatic hydroxyl groups is 1. The minimum absolute atomic E-state index is 0.0473. The molecule has 7 heteroatoms. The topological polar surface area (TPSA) is 81.2 Å². The monoisotopic (exact) mass is 397 g/mol. The summed E-state index contributed by atoms with van der Waals surface area (Å²) in [6, 6.07) is 13.9. The number of phenols is 1. The van der Waals surface area contributed by atoms with Gasteiger partial charge in [-0.3, -0.25) is 0 Å².